The molecule has 20 heavy (non-hydrogen) atoms. The molecular formula is C13H21BrN2O3S. The van der Waals surface area contributed by atoms with Crippen molar-refractivity contribution in [2.24, 2.45) is 5.92 Å². The van der Waals surface area contributed by atoms with E-state index < -0.39 is 10.0 Å². The van der Waals surface area contributed by atoms with E-state index in [9.17, 15) is 8.42 Å². The van der Waals surface area contributed by atoms with Crippen LogP contribution in [0.25, 0.3) is 0 Å². The second-order valence-electron chi connectivity index (χ2n) is 4.71. The van der Waals surface area contributed by atoms with Gasteiger partial charge in [-0.2, -0.15) is 0 Å². The Bertz CT molecular complexity index is 534. The van der Waals surface area contributed by atoms with Crippen LogP contribution in [0.15, 0.2) is 27.6 Å². The molecule has 1 rings (SSSR count). The third-order valence-corrected chi connectivity index (χ3v) is 5.14. The molecule has 0 fully saturated rings. The van der Waals surface area contributed by atoms with E-state index in [2.05, 4.69) is 26.0 Å². The molecule has 0 saturated heterocycles. The molecular weight excluding hydrogens is 344 g/mol. The second-order valence-corrected chi connectivity index (χ2v) is 7.30. The van der Waals surface area contributed by atoms with Crippen molar-refractivity contribution in [1.82, 2.24) is 10.0 Å². The van der Waals surface area contributed by atoms with Gasteiger partial charge in [0.1, 0.15) is 0 Å². The number of hydrogen-bond acceptors (Lipinski definition) is 4. The first-order chi connectivity index (χ1) is 9.40. The van der Waals surface area contributed by atoms with Crippen molar-refractivity contribution in [3.63, 3.8) is 0 Å². The number of halogens is 1. The Labute approximate surface area is 129 Å². The van der Waals surface area contributed by atoms with Crippen LogP contribution < -0.4 is 10.0 Å². The van der Waals surface area contributed by atoms with Gasteiger partial charge in [-0.05, 0) is 46.6 Å². The van der Waals surface area contributed by atoms with Crippen LogP contribution in [0.1, 0.15) is 12.5 Å². The first-order valence-electron chi connectivity index (χ1n) is 6.32. The van der Waals surface area contributed by atoms with Gasteiger partial charge >= 0.3 is 0 Å². The molecule has 2 N–H and O–H groups in total. The monoisotopic (exact) mass is 364 g/mol. The van der Waals surface area contributed by atoms with E-state index in [1.54, 1.807) is 19.2 Å². The molecule has 0 amide bonds. The lowest BCUT2D eigenvalue weighted by atomic mass is 10.2. The predicted molar refractivity (Wildman–Crippen MR) is 83.1 cm³/mol. The first kappa shape index (κ1) is 17.6. The van der Waals surface area contributed by atoms with Crippen LogP contribution in [0.2, 0.25) is 0 Å². The number of nitrogens with one attached hydrogen (secondary N) is 2. The van der Waals surface area contributed by atoms with Gasteiger partial charge in [0, 0.05) is 31.3 Å². The minimum Gasteiger partial charge on any atom is -0.384 e. The van der Waals surface area contributed by atoms with Gasteiger partial charge in [-0.15, -0.1) is 0 Å². The van der Waals surface area contributed by atoms with Crippen LogP contribution in [0.3, 0.4) is 0 Å². The van der Waals surface area contributed by atoms with E-state index in [1.165, 1.54) is 0 Å². The summed E-state index contributed by atoms with van der Waals surface area (Å²) in [4.78, 5) is 0.252. The van der Waals surface area contributed by atoms with Crippen LogP contribution >= 0.6 is 15.9 Å². The molecule has 0 heterocycles. The highest BCUT2D eigenvalue weighted by Gasteiger charge is 2.18. The Kier molecular flexibility index (Phi) is 7.11. The van der Waals surface area contributed by atoms with Crippen LogP contribution in [-0.2, 0) is 21.3 Å². The summed E-state index contributed by atoms with van der Waals surface area (Å²) in [6.45, 7) is 3.49. The predicted octanol–water partition coefficient (Wildman–Crippen LogP) is 1.73. The zero-order chi connectivity index (χ0) is 15.2. The molecule has 0 bridgehead atoms. The lowest BCUT2D eigenvalue weighted by Crippen LogP contribution is -2.30. The quantitative estimate of drug-likeness (QED) is 0.736. The van der Waals surface area contributed by atoms with E-state index in [-0.39, 0.29) is 10.8 Å². The van der Waals surface area contributed by atoms with E-state index in [0.29, 0.717) is 24.2 Å². The molecule has 0 aromatic heterocycles. The Balaban J connectivity index is 2.82. The summed E-state index contributed by atoms with van der Waals surface area (Å²) < 4.78 is 32.6. The summed E-state index contributed by atoms with van der Waals surface area (Å²) >= 11 is 3.32. The highest BCUT2D eigenvalue weighted by Crippen LogP contribution is 2.23. The van der Waals surface area contributed by atoms with Crippen molar-refractivity contribution in [2.45, 2.75) is 18.4 Å². The normalized spacial score (nSPS) is 13.4. The minimum atomic E-state index is -3.51. The fourth-order valence-corrected chi connectivity index (χ4v) is 4.04. The molecule has 1 aromatic rings. The molecule has 0 radical (unpaired) electrons. The first-order valence-corrected chi connectivity index (χ1v) is 8.60. The Hall–Kier alpha value is -0.470. The Morgan fingerprint density at radius 1 is 1.40 bits per heavy atom. The van der Waals surface area contributed by atoms with Gasteiger partial charge in [0.05, 0.1) is 4.90 Å². The van der Waals surface area contributed by atoms with Gasteiger partial charge in [-0.25, -0.2) is 13.1 Å². The van der Waals surface area contributed by atoms with Crippen LogP contribution in [0.5, 0.6) is 0 Å². The lowest BCUT2D eigenvalue weighted by Gasteiger charge is -2.13. The van der Waals surface area contributed by atoms with Gasteiger partial charge in [0.2, 0.25) is 10.0 Å². The maximum absolute atomic E-state index is 12.2. The van der Waals surface area contributed by atoms with E-state index in [1.807, 2.05) is 20.0 Å². The standard InChI is InChI=1S/C13H21BrN2O3S/c1-10(9-19-3)7-16-20(17,18)13-5-4-11(8-15-2)6-12(13)14/h4-6,10,15-16H,7-9H2,1-3H3. The van der Waals surface area contributed by atoms with Gasteiger partial charge < -0.3 is 10.1 Å². The molecule has 114 valence electrons. The van der Waals surface area contributed by atoms with Gasteiger partial charge in [0.15, 0.2) is 0 Å². The van der Waals surface area contributed by atoms with Crippen molar-refractivity contribution in [3.8, 4) is 0 Å². The zero-order valence-corrected chi connectivity index (χ0v) is 14.3. The minimum absolute atomic E-state index is 0.122. The lowest BCUT2D eigenvalue weighted by molar-refractivity contribution is 0.161. The number of hydrogen-bond donors (Lipinski definition) is 2. The molecule has 1 unspecified atom stereocenters. The number of ether oxygens (including phenoxy) is 1. The van der Waals surface area contributed by atoms with Crippen LogP contribution in [0, 0.1) is 5.92 Å². The van der Waals surface area contributed by atoms with E-state index >= 15 is 0 Å². The molecule has 0 aliphatic heterocycles. The molecule has 0 aliphatic rings. The van der Waals surface area contributed by atoms with Gasteiger partial charge in [-0.1, -0.05) is 13.0 Å². The number of benzene rings is 1. The summed E-state index contributed by atoms with van der Waals surface area (Å²) in [7, 11) is -0.0650. The number of methoxy groups -OCH3 is 1. The Morgan fingerprint density at radius 3 is 2.65 bits per heavy atom. The van der Waals surface area contributed by atoms with E-state index in [4.69, 9.17) is 4.74 Å². The van der Waals surface area contributed by atoms with Crippen molar-refractivity contribution < 1.29 is 13.2 Å². The molecule has 1 atom stereocenters. The van der Waals surface area contributed by atoms with Crippen molar-refractivity contribution >= 4 is 26.0 Å². The molecule has 0 saturated carbocycles. The van der Waals surface area contributed by atoms with Gasteiger partial charge in [-0.3, -0.25) is 0 Å². The van der Waals surface area contributed by atoms with Crippen molar-refractivity contribution in [2.75, 3.05) is 27.3 Å². The largest absolute Gasteiger partial charge is 0.384 e. The van der Waals surface area contributed by atoms with Crippen molar-refractivity contribution in [1.29, 1.82) is 0 Å². The summed E-state index contributed by atoms with van der Waals surface area (Å²) in [5.74, 6) is 0.122. The molecule has 0 aliphatic carbocycles. The smallest absolute Gasteiger partial charge is 0.241 e. The van der Waals surface area contributed by atoms with E-state index in [0.717, 1.165) is 5.56 Å². The Morgan fingerprint density at radius 2 is 2.10 bits per heavy atom. The third kappa shape index (κ3) is 5.14. The fraction of sp³-hybridized carbons (Fsp3) is 0.538. The second kappa shape index (κ2) is 8.09. The molecule has 1 aromatic carbocycles. The highest BCUT2D eigenvalue weighted by atomic mass is 79.9. The van der Waals surface area contributed by atoms with Crippen molar-refractivity contribution in [3.05, 3.63) is 28.2 Å². The molecule has 7 heteroatoms. The highest BCUT2D eigenvalue weighted by molar-refractivity contribution is 9.10. The molecule has 0 spiro atoms. The summed E-state index contributed by atoms with van der Waals surface area (Å²) in [5, 5.41) is 3.02. The number of sulfonamides is 1. The summed E-state index contributed by atoms with van der Waals surface area (Å²) in [5.41, 5.74) is 1.02. The summed E-state index contributed by atoms with van der Waals surface area (Å²) in [6.07, 6.45) is 0. The maximum atomic E-state index is 12.2. The number of rotatable bonds is 8. The van der Waals surface area contributed by atoms with Crippen LogP contribution in [0.4, 0.5) is 0 Å². The fourth-order valence-electron chi connectivity index (χ4n) is 1.75. The molecule has 5 nitrogen and oxygen atoms in total. The third-order valence-electron chi connectivity index (χ3n) is 2.74. The average Bonchev–Trinajstić information content (AvgIpc) is 2.37. The van der Waals surface area contributed by atoms with Gasteiger partial charge in [0.25, 0.3) is 0 Å². The zero-order valence-electron chi connectivity index (χ0n) is 11.9. The average molecular weight is 365 g/mol. The maximum Gasteiger partial charge on any atom is 0.241 e. The van der Waals surface area contributed by atoms with Crippen LogP contribution in [-0.4, -0.2) is 35.7 Å². The topological polar surface area (TPSA) is 67.4 Å². The summed E-state index contributed by atoms with van der Waals surface area (Å²) in [6, 6.07) is 5.22. The SMILES string of the molecule is CNCc1ccc(S(=O)(=O)NCC(C)COC)c(Br)c1.